The summed E-state index contributed by atoms with van der Waals surface area (Å²) >= 11 is 0. The molecular weight excluding hydrogens is 223 g/mol. The Bertz CT molecular complexity index is 341. The quantitative estimate of drug-likeness (QED) is 0.757. The van der Waals surface area contributed by atoms with Crippen LogP contribution < -0.4 is 0 Å². The molecule has 0 spiro atoms. The molecule has 92 valence electrons. The van der Waals surface area contributed by atoms with Gasteiger partial charge >= 0.3 is 8.25 Å². The molecule has 4 heteroatoms. The van der Waals surface area contributed by atoms with E-state index in [-0.39, 0.29) is 10.8 Å². The van der Waals surface area contributed by atoms with Crippen LogP contribution >= 0.6 is 8.25 Å². The largest absolute Gasteiger partial charge is 0.695 e. The van der Waals surface area contributed by atoms with Crippen LogP contribution in [0.1, 0.15) is 47.5 Å². The molecular formula is C12H22O3P+. The lowest BCUT2D eigenvalue weighted by molar-refractivity contribution is -0.0782. The normalized spacial score (nSPS) is 50.8. The minimum absolute atomic E-state index is 0.00218. The minimum Gasteiger partial charge on any atom is -0.133 e. The van der Waals surface area contributed by atoms with E-state index in [1.165, 1.54) is 6.42 Å². The van der Waals surface area contributed by atoms with Crippen molar-refractivity contribution in [1.82, 2.24) is 0 Å². The second-order valence-electron chi connectivity index (χ2n) is 6.42. The third kappa shape index (κ3) is 1.17. The summed E-state index contributed by atoms with van der Waals surface area (Å²) in [6.07, 6.45) is 2.31. The Hall–Kier alpha value is 0.0200. The van der Waals surface area contributed by atoms with Crippen molar-refractivity contribution < 1.29 is 14.0 Å². The molecule has 2 rings (SSSR count). The highest BCUT2D eigenvalue weighted by Crippen LogP contribution is 2.73. The van der Waals surface area contributed by atoms with Crippen molar-refractivity contribution in [1.29, 1.82) is 0 Å². The fraction of sp³-hybridized carbons (Fsp3) is 1.00. The van der Waals surface area contributed by atoms with Gasteiger partial charge in [-0.05, 0) is 37.0 Å². The van der Waals surface area contributed by atoms with Gasteiger partial charge in [0.15, 0.2) is 0 Å². The van der Waals surface area contributed by atoms with Crippen LogP contribution in [-0.2, 0) is 9.09 Å². The fourth-order valence-corrected chi connectivity index (χ4v) is 5.22. The summed E-state index contributed by atoms with van der Waals surface area (Å²) in [5.41, 5.74) is -0.286. The molecule has 0 aromatic heterocycles. The molecule has 0 amide bonds. The first kappa shape index (κ1) is 12.5. The Labute approximate surface area is 98.5 Å². The van der Waals surface area contributed by atoms with E-state index in [0.29, 0.717) is 11.8 Å². The predicted molar refractivity (Wildman–Crippen MR) is 63.1 cm³/mol. The van der Waals surface area contributed by atoms with E-state index >= 15 is 0 Å². The van der Waals surface area contributed by atoms with Crippen LogP contribution in [-0.4, -0.2) is 10.5 Å². The van der Waals surface area contributed by atoms with E-state index in [4.69, 9.17) is 9.42 Å². The van der Waals surface area contributed by atoms with E-state index in [1.54, 1.807) is 0 Å². The molecule has 5 atom stereocenters. The minimum atomic E-state index is -2.52. The molecule has 0 aliphatic heterocycles. The highest BCUT2D eigenvalue weighted by Gasteiger charge is 2.73. The molecule has 0 saturated heterocycles. The van der Waals surface area contributed by atoms with Gasteiger partial charge in [-0.3, -0.25) is 0 Å². The molecule has 2 bridgehead atoms. The molecule has 0 heterocycles. The van der Waals surface area contributed by atoms with Gasteiger partial charge < -0.3 is 0 Å². The third-order valence-electron chi connectivity index (χ3n) is 6.14. The lowest BCUT2D eigenvalue weighted by Crippen LogP contribution is -2.48. The summed E-state index contributed by atoms with van der Waals surface area (Å²) in [6.45, 7) is 11.0. The molecule has 5 unspecified atom stereocenters. The van der Waals surface area contributed by atoms with Gasteiger partial charge in [0.2, 0.25) is 0 Å². The van der Waals surface area contributed by atoms with Gasteiger partial charge in [-0.25, -0.2) is 0 Å². The lowest BCUT2D eigenvalue weighted by Gasteiger charge is -2.44. The molecule has 0 aromatic carbocycles. The Balaban J connectivity index is 2.46. The van der Waals surface area contributed by atoms with E-state index in [2.05, 4.69) is 27.7 Å². The zero-order chi connectivity index (χ0) is 12.4. The fourth-order valence-electron chi connectivity index (χ4n) is 4.53. The van der Waals surface area contributed by atoms with Gasteiger partial charge in [0, 0.05) is 9.98 Å². The standard InChI is InChI=1S/C12H21O3P/c1-8-9-6-7-11(4,10(9,2)3)12(8,5)15-16(13)14/h8-9H,6-7H2,1-5H3/p+1. The first-order valence-corrected chi connectivity index (χ1v) is 7.15. The van der Waals surface area contributed by atoms with Crippen LogP contribution in [0.25, 0.3) is 0 Å². The zero-order valence-corrected chi connectivity index (χ0v) is 11.7. The summed E-state index contributed by atoms with van der Waals surface area (Å²) in [5, 5.41) is 0. The Morgan fingerprint density at radius 3 is 2.25 bits per heavy atom. The van der Waals surface area contributed by atoms with Crippen molar-refractivity contribution in [2.75, 3.05) is 0 Å². The molecule has 3 nitrogen and oxygen atoms in total. The highest BCUT2D eigenvalue weighted by atomic mass is 31.1. The Morgan fingerprint density at radius 1 is 1.31 bits per heavy atom. The lowest BCUT2D eigenvalue weighted by atomic mass is 9.64. The average molecular weight is 245 g/mol. The monoisotopic (exact) mass is 245 g/mol. The molecule has 0 radical (unpaired) electrons. The summed E-state index contributed by atoms with van der Waals surface area (Å²) in [5.74, 6) is 0.935. The summed E-state index contributed by atoms with van der Waals surface area (Å²) in [7, 11) is -2.52. The molecule has 2 aliphatic carbocycles. The first-order chi connectivity index (χ1) is 7.17. The van der Waals surface area contributed by atoms with Gasteiger partial charge in [0.25, 0.3) is 0 Å². The number of fused-ring (bicyclic) bond motifs is 2. The Kier molecular flexibility index (Phi) is 2.55. The molecule has 0 aromatic rings. The van der Waals surface area contributed by atoms with Gasteiger partial charge in [0.1, 0.15) is 5.60 Å². The van der Waals surface area contributed by atoms with Gasteiger partial charge in [-0.15, -0.1) is 9.42 Å². The van der Waals surface area contributed by atoms with Crippen LogP contribution in [0.15, 0.2) is 0 Å². The van der Waals surface area contributed by atoms with E-state index in [1.807, 2.05) is 6.92 Å². The number of rotatable bonds is 2. The summed E-state index contributed by atoms with van der Waals surface area (Å²) in [4.78, 5) is 9.10. The topological polar surface area (TPSA) is 46.5 Å². The predicted octanol–water partition coefficient (Wildman–Crippen LogP) is 3.50. The van der Waals surface area contributed by atoms with Crippen molar-refractivity contribution in [2.24, 2.45) is 22.7 Å². The van der Waals surface area contributed by atoms with Crippen LogP contribution in [0.2, 0.25) is 0 Å². The number of hydrogen-bond donors (Lipinski definition) is 1. The highest BCUT2D eigenvalue weighted by molar-refractivity contribution is 7.32. The van der Waals surface area contributed by atoms with Crippen LogP contribution in [0.5, 0.6) is 0 Å². The SMILES string of the molecule is CC1C2CCC(C)(C2(C)C)C1(C)O[P+](=O)O. The average Bonchev–Trinajstić information content (AvgIpc) is 2.40. The smallest absolute Gasteiger partial charge is 0.133 e. The third-order valence-corrected chi connectivity index (χ3v) is 6.68. The maximum Gasteiger partial charge on any atom is 0.695 e. The second-order valence-corrected chi connectivity index (χ2v) is 7.08. The van der Waals surface area contributed by atoms with Crippen molar-refractivity contribution in [3.05, 3.63) is 0 Å². The number of hydrogen-bond acceptors (Lipinski definition) is 2. The van der Waals surface area contributed by atoms with Crippen LogP contribution in [0.4, 0.5) is 0 Å². The molecule has 2 fully saturated rings. The summed E-state index contributed by atoms with van der Waals surface area (Å²) in [6, 6.07) is 0. The molecule has 16 heavy (non-hydrogen) atoms. The van der Waals surface area contributed by atoms with Crippen molar-refractivity contribution in [2.45, 2.75) is 53.1 Å². The van der Waals surface area contributed by atoms with E-state index in [0.717, 1.165) is 6.42 Å². The van der Waals surface area contributed by atoms with Gasteiger partial charge in [-0.2, -0.15) is 0 Å². The van der Waals surface area contributed by atoms with Crippen molar-refractivity contribution in [3.63, 3.8) is 0 Å². The maximum absolute atomic E-state index is 11.1. The summed E-state index contributed by atoms with van der Waals surface area (Å²) < 4.78 is 16.5. The maximum atomic E-state index is 11.1. The van der Waals surface area contributed by atoms with Crippen LogP contribution in [0, 0.1) is 22.7 Å². The molecule has 2 saturated carbocycles. The van der Waals surface area contributed by atoms with Crippen LogP contribution in [0.3, 0.4) is 0 Å². The zero-order valence-electron chi connectivity index (χ0n) is 10.8. The van der Waals surface area contributed by atoms with Crippen molar-refractivity contribution in [3.8, 4) is 0 Å². The molecule has 1 N–H and O–H groups in total. The van der Waals surface area contributed by atoms with E-state index in [9.17, 15) is 4.57 Å². The molecule has 2 aliphatic rings. The van der Waals surface area contributed by atoms with Gasteiger partial charge in [0.05, 0.1) is 0 Å². The van der Waals surface area contributed by atoms with Gasteiger partial charge in [-0.1, -0.05) is 27.7 Å². The Morgan fingerprint density at radius 2 is 1.88 bits per heavy atom. The second kappa shape index (κ2) is 3.28. The van der Waals surface area contributed by atoms with Crippen molar-refractivity contribution >= 4 is 8.25 Å². The van der Waals surface area contributed by atoms with E-state index < -0.39 is 13.9 Å². The first-order valence-electron chi connectivity index (χ1n) is 6.02.